The van der Waals surface area contributed by atoms with Gasteiger partial charge in [-0.05, 0) is 64.8 Å². The van der Waals surface area contributed by atoms with E-state index in [0.717, 1.165) is 0 Å². The van der Waals surface area contributed by atoms with Crippen LogP contribution in [0.1, 0.15) is 22.8 Å². The second-order valence-corrected chi connectivity index (χ2v) is 7.04. The molecular formula is C22H22BrN3O5. The molecule has 0 spiro atoms. The largest absolute Gasteiger partial charge is 0.497 e. The van der Waals surface area contributed by atoms with E-state index in [0.29, 0.717) is 32.8 Å². The van der Waals surface area contributed by atoms with Crippen molar-refractivity contribution in [2.75, 3.05) is 20.8 Å². The number of amides is 2. The first-order chi connectivity index (χ1) is 14.9. The molecule has 1 atom stereocenters. The van der Waals surface area contributed by atoms with E-state index >= 15 is 0 Å². The number of hydrogen-bond acceptors (Lipinski definition) is 6. The van der Waals surface area contributed by atoms with Crippen LogP contribution in [0.2, 0.25) is 0 Å². The van der Waals surface area contributed by atoms with Gasteiger partial charge in [0, 0.05) is 5.56 Å². The van der Waals surface area contributed by atoms with Crippen LogP contribution in [0.5, 0.6) is 17.2 Å². The minimum absolute atomic E-state index is 0.0958. The molecule has 9 heteroatoms. The SMILES string of the molecule is C#CCOc1c(Br)cc(C=NNC(=O)C(C)NC(=O)c2ccc(OC)cc2)cc1OC. The molecule has 8 nitrogen and oxygen atoms in total. The number of hydrazone groups is 1. The zero-order valence-corrected chi connectivity index (χ0v) is 18.9. The van der Waals surface area contributed by atoms with Crippen LogP contribution in [0, 0.1) is 12.3 Å². The van der Waals surface area contributed by atoms with E-state index in [9.17, 15) is 9.59 Å². The van der Waals surface area contributed by atoms with E-state index in [1.54, 1.807) is 43.3 Å². The summed E-state index contributed by atoms with van der Waals surface area (Å²) in [6.45, 7) is 1.65. The molecule has 0 heterocycles. The van der Waals surface area contributed by atoms with Gasteiger partial charge in [0.05, 0.1) is 24.9 Å². The Balaban J connectivity index is 1.97. The summed E-state index contributed by atoms with van der Waals surface area (Å²) >= 11 is 3.39. The van der Waals surface area contributed by atoms with Gasteiger partial charge in [-0.3, -0.25) is 9.59 Å². The Morgan fingerprint density at radius 2 is 1.94 bits per heavy atom. The minimum atomic E-state index is -0.799. The molecule has 0 saturated heterocycles. The van der Waals surface area contributed by atoms with Crippen molar-refractivity contribution in [1.82, 2.24) is 10.7 Å². The van der Waals surface area contributed by atoms with Crippen LogP contribution in [0.25, 0.3) is 0 Å². The van der Waals surface area contributed by atoms with E-state index < -0.39 is 11.9 Å². The molecule has 0 saturated carbocycles. The van der Waals surface area contributed by atoms with Crippen molar-refractivity contribution in [2.24, 2.45) is 5.10 Å². The summed E-state index contributed by atoms with van der Waals surface area (Å²) in [5.41, 5.74) is 3.45. The normalized spacial score (nSPS) is 11.3. The highest BCUT2D eigenvalue weighted by atomic mass is 79.9. The number of rotatable bonds is 9. The van der Waals surface area contributed by atoms with Gasteiger partial charge in [-0.25, -0.2) is 5.43 Å². The maximum Gasteiger partial charge on any atom is 0.262 e. The Hall–Kier alpha value is -3.51. The first kappa shape index (κ1) is 23.8. The Bertz CT molecular complexity index is 999. The Morgan fingerprint density at radius 1 is 1.23 bits per heavy atom. The highest BCUT2D eigenvalue weighted by Gasteiger charge is 2.16. The molecular weight excluding hydrogens is 466 g/mol. The lowest BCUT2D eigenvalue weighted by atomic mass is 10.2. The van der Waals surface area contributed by atoms with Crippen molar-refractivity contribution in [1.29, 1.82) is 0 Å². The first-order valence-corrected chi connectivity index (χ1v) is 9.90. The van der Waals surface area contributed by atoms with Gasteiger partial charge >= 0.3 is 0 Å². The highest BCUT2D eigenvalue weighted by molar-refractivity contribution is 9.10. The average molecular weight is 488 g/mol. The number of ether oxygens (including phenoxy) is 3. The second kappa shape index (κ2) is 11.6. The number of benzene rings is 2. The van der Waals surface area contributed by atoms with Crippen LogP contribution in [0.15, 0.2) is 46.0 Å². The molecule has 1 unspecified atom stereocenters. The number of nitrogens with one attached hydrogen (secondary N) is 2. The number of methoxy groups -OCH3 is 2. The molecule has 0 aromatic heterocycles. The molecule has 0 bridgehead atoms. The summed E-state index contributed by atoms with van der Waals surface area (Å²) in [4.78, 5) is 24.5. The van der Waals surface area contributed by atoms with Crippen molar-refractivity contribution in [2.45, 2.75) is 13.0 Å². The Labute approximate surface area is 189 Å². The van der Waals surface area contributed by atoms with Gasteiger partial charge in [0.25, 0.3) is 11.8 Å². The number of nitrogens with zero attached hydrogens (tertiary/aromatic N) is 1. The maximum atomic E-state index is 12.3. The third-order valence-corrected chi connectivity index (χ3v) is 4.62. The summed E-state index contributed by atoms with van der Waals surface area (Å²) in [6.07, 6.45) is 6.66. The Morgan fingerprint density at radius 3 is 2.55 bits per heavy atom. The predicted molar refractivity (Wildman–Crippen MR) is 121 cm³/mol. The summed E-state index contributed by atoms with van der Waals surface area (Å²) in [5.74, 6) is 3.09. The summed E-state index contributed by atoms with van der Waals surface area (Å²) in [5, 5.41) is 6.54. The standard InChI is InChI=1S/C22H22BrN3O5/c1-5-10-31-20-18(23)11-15(12-19(20)30-4)13-24-26-21(27)14(2)25-22(28)16-6-8-17(29-3)9-7-16/h1,6-9,11-14H,10H2,2-4H3,(H,25,28)(H,26,27). The molecule has 2 rings (SSSR count). The fourth-order valence-corrected chi connectivity index (χ4v) is 3.00. The van der Waals surface area contributed by atoms with E-state index in [1.165, 1.54) is 20.4 Å². The predicted octanol–water partition coefficient (Wildman–Crippen LogP) is 2.75. The van der Waals surface area contributed by atoms with Gasteiger partial charge < -0.3 is 19.5 Å². The van der Waals surface area contributed by atoms with E-state index in [2.05, 4.69) is 37.7 Å². The van der Waals surface area contributed by atoms with Gasteiger partial charge in [0.2, 0.25) is 0 Å². The van der Waals surface area contributed by atoms with Crippen molar-refractivity contribution in [3.63, 3.8) is 0 Å². The second-order valence-electron chi connectivity index (χ2n) is 6.18. The molecule has 31 heavy (non-hydrogen) atoms. The molecule has 162 valence electrons. The summed E-state index contributed by atoms with van der Waals surface area (Å²) in [6, 6.07) is 9.17. The van der Waals surface area contributed by atoms with Crippen molar-refractivity contribution < 1.29 is 23.8 Å². The number of carbonyl (C=O) groups excluding carboxylic acids is 2. The first-order valence-electron chi connectivity index (χ1n) is 9.11. The monoisotopic (exact) mass is 487 g/mol. The number of hydrogen-bond donors (Lipinski definition) is 2. The zero-order valence-electron chi connectivity index (χ0n) is 17.3. The molecule has 0 fully saturated rings. The number of carbonyl (C=O) groups is 2. The third-order valence-electron chi connectivity index (χ3n) is 4.03. The van der Waals surface area contributed by atoms with Crippen molar-refractivity contribution >= 4 is 34.0 Å². The zero-order chi connectivity index (χ0) is 22.8. The molecule has 0 aliphatic rings. The quantitative estimate of drug-likeness (QED) is 0.322. The molecule has 0 aliphatic heterocycles. The lowest BCUT2D eigenvalue weighted by molar-refractivity contribution is -0.122. The van der Waals surface area contributed by atoms with Crippen molar-refractivity contribution in [3.8, 4) is 29.6 Å². The van der Waals surface area contributed by atoms with Crippen LogP contribution >= 0.6 is 15.9 Å². The van der Waals surface area contributed by atoms with Gasteiger partial charge in [-0.2, -0.15) is 5.10 Å². The third kappa shape index (κ3) is 6.76. The molecule has 2 amide bonds. The lowest BCUT2D eigenvalue weighted by Gasteiger charge is -2.13. The fraction of sp³-hybridized carbons (Fsp3) is 0.227. The van der Waals surface area contributed by atoms with Gasteiger partial charge in [0.1, 0.15) is 18.4 Å². The van der Waals surface area contributed by atoms with Crippen molar-refractivity contribution in [3.05, 3.63) is 52.0 Å². The topological polar surface area (TPSA) is 98.2 Å². The molecule has 0 aliphatic carbocycles. The molecule has 2 aromatic rings. The highest BCUT2D eigenvalue weighted by Crippen LogP contribution is 2.36. The molecule has 2 N–H and O–H groups in total. The Kier molecular flexibility index (Phi) is 8.91. The maximum absolute atomic E-state index is 12.3. The van der Waals surface area contributed by atoms with Crippen LogP contribution in [-0.4, -0.2) is 44.9 Å². The van der Waals surface area contributed by atoms with Gasteiger partial charge in [-0.1, -0.05) is 5.92 Å². The van der Waals surface area contributed by atoms with E-state index in [1.807, 2.05) is 0 Å². The lowest BCUT2D eigenvalue weighted by Crippen LogP contribution is -2.43. The summed E-state index contributed by atoms with van der Waals surface area (Å²) in [7, 11) is 3.04. The van der Waals surface area contributed by atoms with Crippen LogP contribution in [0.3, 0.4) is 0 Å². The van der Waals surface area contributed by atoms with Gasteiger partial charge in [-0.15, -0.1) is 6.42 Å². The number of terminal acetylenes is 1. The number of halogens is 1. The van der Waals surface area contributed by atoms with Crippen LogP contribution in [0.4, 0.5) is 0 Å². The van der Waals surface area contributed by atoms with Crippen LogP contribution in [-0.2, 0) is 4.79 Å². The fourth-order valence-electron chi connectivity index (χ4n) is 2.42. The molecule has 0 radical (unpaired) electrons. The minimum Gasteiger partial charge on any atom is -0.497 e. The summed E-state index contributed by atoms with van der Waals surface area (Å²) < 4.78 is 16.4. The molecule has 2 aromatic carbocycles. The van der Waals surface area contributed by atoms with Gasteiger partial charge in [0.15, 0.2) is 11.5 Å². The van der Waals surface area contributed by atoms with E-state index in [4.69, 9.17) is 20.6 Å². The van der Waals surface area contributed by atoms with E-state index in [-0.39, 0.29) is 12.5 Å². The average Bonchev–Trinajstić information content (AvgIpc) is 2.77. The van der Waals surface area contributed by atoms with Crippen LogP contribution < -0.4 is 25.0 Å². The smallest absolute Gasteiger partial charge is 0.262 e.